The molecule has 1 aliphatic carbocycles. The zero-order valence-electron chi connectivity index (χ0n) is 16.0. The Morgan fingerprint density at radius 1 is 1.20 bits per heavy atom. The van der Waals surface area contributed by atoms with E-state index in [0.29, 0.717) is 11.2 Å². The number of anilines is 1. The summed E-state index contributed by atoms with van der Waals surface area (Å²) in [6.45, 7) is 9.32. The van der Waals surface area contributed by atoms with Gasteiger partial charge < -0.3 is 5.73 Å². The Balaban J connectivity index is 1.78. The van der Waals surface area contributed by atoms with Crippen LogP contribution in [0.15, 0.2) is 5.16 Å². The van der Waals surface area contributed by atoms with Crippen molar-refractivity contribution in [1.29, 1.82) is 0 Å². The Hall–Kier alpha value is -0.810. The van der Waals surface area contributed by atoms with E-state index in [4.69, 9.17) is 10.7 Å². The fraction of sp³-hybridized carbons (Fsp3) is 0.700. The number of hydrogen-bond donors (Lipinski definition) is 1. The first-order chi connectivity index (χ1) is 11.9. The van der Waals surface area contributed by atoms with Crippen LogP contribution < -0.4 is 5.73 Å². The molecule has 0 radical (unpaired) electrons. The van der Waals surface area contributed by atoms with Gasteiger partial charge in [0.1, 0.15) is 10.6 Å². The van der Waals surface area contributed by atoms with E-state index < -0.39 is 0 Å². The molecule has 0 unspecified atom stereocenters. The Labute approximate surface area is 160 Å². The lowest BCUT2D eigenvalue weighted by Crippen LogP contribution is -2.26. The topological polar surface area (TPSA) is 51.8 Å². The van der Waals surface area contributed by atoms with Crippen LogP contribution in [0.5, 0.6) is 0 Å². The maximum absolute atomic E-state index is 6.34. The number of thioether (sulfide) groups is 1. The van der Waals surface area contributed by atoms with E-state index in [0.717, 1.165) is 33.5 Å². The van der Waals surface area contributed by atoms with E-state index in [2.05, 4.69) is 32.7 Å². The molecule has 2 heterocycles. The third kappa shape index (κ3) is 4.30. The van der Waals surface area contributed by atoms with Gasteiger partial charge in [0.15, 0.2) is 5.16 Å². The Morgan fingerprint density at radius 2 is 2.00 bits per heavy atom. The highest BCUT2D eigenvalue weighted by Crippen LogP contribution is 2.44. The second-order valence-corrected chi connectivity index (χ2v) is 10.4. The number of fused-ring (bicyclic) bond motifs is 3. The van der Waals surface area contributed by atoms with Crippen LogP contribution in [-0.4, -0.2) is 15.7 Å². The van der Waals surface area contributed by atoms with Gasteiger partial charge in [-0.05, 0) is 42.6 Å². The first-order valence-electron chi connectivity index (χ1n) is 9.60. The number of aryl methyl sites for hydroxylation is 1. The van der Waals surface area contributed by atoms with Gasteiger partial charge in [0.2, 0.25) is 0 Å². The van der Waals surface area contributed by atoms with Crippen molar-refractivity contribution >= 4 is 39.1 Å². The molecule has 2 aromatic rings. The number of thiophene rings is 1. The number of nitrogens with zero attached hydrogens (tertiary/aromatic N) is 2. The zero-order valence-corrected chi connectivity index (χ0v) is 17.7. The summed E-state index contributed by atoms with van der Waals surface area (Å²) in [7, 11) is 0. The van der Waals surface area contributed by atoms with E-state index in [1.807, 2.05) is 11.3 Å². The second-order valence-electron chi connectivity index (χ2n) is 8.29. The molecule has 0 fully saturated rings. The average Bonchev–Trinajstić information content (AvgIpc) is 2.91. The maximum Gasteiger partial charge on any atom is 0.190 e. The normalized spacial score (nSPS) is 17.8. The molecule has 0 amide bonds. The molecule has 1 atom stereocenters. The van der Waals surface area contributed by atoms with Crippen molar-refractivity contribution in [1.82, 2.24) is 9.97 Å². The minimum Gasteiger partial charge on any atom is -0.383 e. The molecule has 0 aliphatic heterocycles. The minimum absolute atomic E-state index is 0.366. The van der Waals surface area contributed by atoms with Gasteiger partial charge in [0.25, 0.3) is 0 Å². The van der Waals surface area contributed by atoms with Gasteiger partial charge in [-0.3, -0.25) is 0 Å². The largest absolute Gasteiger partial charge is 0.383 e. The summed E-state index contributed by atoms with van der Waals surface area (Å²) < 4.78 is 0. The molecule has 25 heavy (non-hydrogen) atoms. The number of unbranched alkanes of at least 4 members (excludes halogenated alkanes) is 3. The van der Waals surface area contributed by atoms with Gasteiger partial charge >= 0.3 is 0 Å². The first kappa shape index (κ1) is 19.0. The number of nitrogen functional groups attached to an aromatic ring is 1. The van der Waals surface area contributed by atoms with Crippen molar-refractivity contribution in [2.45, 2.75) is 77.8 Å². The van der Waals surface area contributed by atoms with E-state index in [-0.39, 0.29) is 0 Å². The minimum atomic E-state index is 0.366. The summed E-state index contributed by atoms with van der Waals surface area (Å²) in [6.07, 6.45) is 8.64. The molecule has 0 aromatic carbocycles. The molecule has 0 bridgehead atoms. The Kier molecular flexibility index (Phi) is 5.94. The van der Waals surface area contributed by atoms with Crippen molar-refractivity contribution in [2.75, 3.05) is 11.5 Å². The van der Waals surface area contributed by atoms with Crippen LogP contribution in [-0.2, 0) is 12.8 Å². The molecule has 3 rings (SSSR count). The van der Waals surface area contributed by atoms with Gasteiger partial charge in [0.05, 0.1) is 5.39 Å². The number of nitrogens with two attached hydrogens (primary N) is 1. The van der Waals surface area contributed by atoms with Crippen molar-refractivity contribution in [2.24, 2.45) is 11.3 Å². The second kappa shape index (κ2) is 7.83. The Morgan fingerprint density at radius 3 is 2.72 bits per heavy atom. The maximum atomic E-state index is 6.34. The molecule has 2 aromatic heterocycles. The quantitative estimate of drug-likeness (QED) is 0.375. The third-order valence-electron chi connectivity index (χ3n) is 5.37. The van der Waals surface area contributed by atoms with Crippen LogP contribution in [0, 0.1) is 11.3 Å². The van der Waals surface area contributed by atoms with E-state index in [9.17, 15) is 0 Å². The summed E-state index contributed by atoms with van der Waals surface area (Å²) in [4.78, 5) is 12.0. The predicted octanol–water partition coefficient (Wildman–Crippen LogP) is 6.10. The standard InChI is InChI=1S/C20H31N3S2/c1-5-6-7-8-11-24-19-22-17(21)16-14-10-9-13(20(2,3)4)12-15(14)25-18(16)23-19/h13H,5-12H2,1-4H3,(H2,21,22,23)/t13-/m1/s1. The summed E-state index contributed by atoms with van der Waals surface area (Å²) in [5.74, 6) is 2.52. The van der Waals surface area contributed by atoms with Crippen LogP contribution in [0.1, 0.15) is 70.2 Å². The highest BCUT2D eigenvalue weighted by molar-refractivity contribution is 7.99. The molecule has 0 saturated heterocycles. The van der Waals surface area contributed by atoms with Gasteiger partial charge in [0, 0.05) is 10.6 Å². The molecule has 5 heteroatoms. The predicted molar refractivity (Wildman–Crippen MR) is 112 cm³/mol. The van der Waals surface area contributed by atoms with Crippen LogP contribution in [0.3, 0.4) is 0 Å². The van der Waals surface area contributed by atoms with E-state index >= 15 is 0 Å². The average molecular weight is 378 g/mol. The summed E-state index contributed by atoms with van der Waals surface area (Å²) in [5.41, 5.74) is 8.13. The lowest BCUT2D eigenvalue weighted by atomic mass is 9.72. The van der Waals surface area contributed by atoms with Crippen molar-refractivity contribution in [3.8, 4) is 0 Å². The molecule has 3 nitrogen and oxygen atoms in total. The number of rotatable bonds is 6. The van der Waals surface area contributed by atoms with Crippen LogP contribution in [0.2, 0.25) is 0 Å². The first-order valence-corrected chi connectivity index (χ1v) is 11.4. The van der Waals surface area contributed by atoms with Crippen LogP contribution in [0.4, 0.5) is 5.82 Å². The van der Waals surface area contributed by atoms with Crippen molar-refractivity contribution in [3.05, 3.63) is 10.4 Å². The van der Waals surface area contributed by atoms with Gasteiger partial charge in [-0.25, -0.2) is 9.97 Å². The smallest absolute Gasteiger partial charge is 0.190 e. The molecule has 0 saturated carbocycles. The van der Waals surface area contributed by atoms with Gasteiger partial charge in [-0.2, -0.15) is 0 Å². The van der Waals surface area contributed by atoms with Gasteiger partial charge in [-0.1, -0.05) is 58.7 Å². The Bertz CT molecular complexity index is 731. The summed E-state index contributed by atoms with van der Waals surface area (Å²) in [6, 6.07) is 0. The highest BCUT2D eigenvalue weighted by atomic mass is 32.2. The fourth-order valence-electron chi connectivity index (χ4n) is 3.68. The fourth-order valence-corrected chi connectivity index (χ4v) is 5.90. The lowest BCUT2D eigenvalue weighted by Gasteiger charge is -2.33. The highest BCUT2D eigenvalue weighted by Gasteiger charge is 2.31. The molecular weight excluding hydrogens is 346 g/mol. The SMILES string of the molecule is CCCCCCSc1nc(N)c2c3c(sc2n1)C[C@H](C(C)(C)C)CC3. The molecule has 0 spiro atoms. The molecule has 1 aliphatic rings. The van der Waals surface area contributed by atoms with Gasteiger partial charge in [-0.15, -0.1) is 11.3 Å². The zero-order chi connectivity index (χ0) is 18.0. The third-order valence-corrected chi connectivity index (χ3v) is 7.45. The van der Waals surface area contributed by atoms with Crippen molar-refractivity contribution in [3.63, 3.8) is 0 Å². The molecule has 138 valence electrons. The molecular formula is C20H31N3S2. The summed E-state index contributed by atoms with van der Waals surface area (Å²) in [5, 5.41) is 2.00. The summed E-state index contributed by atoms with van der Waals surface area (Å²) >= 11 is 3.61. The van der Waals surface area contributed by atoms with E-state index in [1.165, 1.54) is 49.0 Å². The van der Waals surface area contributed by atoms with E-state index in [1.54, 1.807) is 11.8 Å². The van der Waals surface area contributed by atoms with Crippen molar-refractivity contribution < 1.29 is 0 Å². The number of aromatic nitrogens is 2. The number of hydrogen-bond acceptors (Lipinski definition) is 5. The monoisotopic (exact) mass is 377 g/mol. The van der Waals surface area contributed by atoms with Crippen LogP contribution in [0.25, 0.3) is 10.2 Å². The van der Waals surface area contributed by atoms with Crippen LogP contribution >= 0.6 is 23.1 Å². The lowest BCUT2D eigenvalue weighted by molar-refractivity contribution is 0.218. The molecule has 2 N–H and O–H groups in total.